The third-order valence-electron chi connectivity index (χ3n) is 6.62. The van der Waals surface area contributed by atoms with Crippen LogP contribution in [0, 0.1) is 0 Å². The van der Waals surface area contributed by atoms with Crippen LogP contribution in [0.1, 0.15) is 6.92 Å². The lowest BCUT2D eigenvalue weighted by Gasteiger charge is -2.30. The number of benzene rings is 1. The SMILES string of the molecule is CCO[P+]1(O)CCN(CCOc2ccc(Nc3ncc4cc(-c5c(Cl)cccc5Cl)c(=O)n(C)c4n3)nn2)CC1. The summed E-state index contributed by atoms with van der Waals surface area (Å²) in [6.45, 7) is 5.21. The molecule has 0 radical (unpaired) electrons. The summed E-state index contributed by atoms with van der Waals surface area (Å²) in [6, 6.07) is 10.2. The van der Waals surface area contributed by atoms with E-state index in [1.807, 2.05) is 6.92 Å². The molecule has 0 amide bonds. The zero-order chi connectivity index (χ0) is 28.3. The van der Waals surface area contributed by atoms with E-state index in [2.05, 4.69) is 30.4 Å². The Labute approximate surface area is 241 Å². The van der Waals surface area contributed by atoms with E-state index >= 15 is 0 Å². The molecule has 1 fully saturated rings. The minimum atomic E-state index is -2.21. The van der Waals surface area contributed by atoms with Gasteiger partial charge in [-0.3, -0.25) is 14.3 Å². The van der Waals surface area contributed by atoms with Gasteiger partial charge in [-0.05, 0) is 31.2 Å². The van der Waals surface area contributed by atoms with Crippen LogP contribution in [0.4, 0.5) is 11.8 Å². The standard InChI is InChI=1S/C26H28Cl2N7O4P/c1-3-39-40(37)13-10-35(11-14-40)9-12-38-22-8-7-21(32-33-22)30-26-29-16-17-15-18(25(36)34(2)24(17)31-26)23-19(27)5-4-6-20(23)28/h4-8,15-16,37H,3,9-14H2,1-2H3/p+1. The first-order chi connectivity index (χ1) is 19.3. The molecule has 2 N–H and O–H groups in total. The number of rotatable bonds is 9. The summed E-state index contributed by atoms with van der Waals surface area (Å²) in [6.07, 6.45) is 2.98. The topological polar surface area (TPSA) is 128 Å². The number of ether oxygens (including phenoxy) is 1. The summed E-state index contributed by atoms with van der Waals surface area (Å²) in [4.78, 5) is 34.7. The van der Waals surface area contributed by atoms with Gasteiger partial charge in [-0.25, -0.2) is 14.4 Å². The van der Waals surface area contributed by atoms with E-state index in [0.717, 1.165) is 19.6 Å². The second-order valence-electron chi connectivity index (χ2n) is 9.27. The summed E-state index contributed by atoms with van der Waals surface area (Å²) in [5.41, 5.74) is 0.982. The molecule has 1 aliphatic rings. The lowest BCUT2D eigenvalue weighted by molar-refractivity contribution is 0.201. The van der Waals surface area contributed by atoms with Crippen LogP contribution >= 0.6 is 30.9 Å². The van der Waals surface area contributed by atoms with Gasteiger partial charge in [0.1, 0.15) is 24.6 Å². The van der Waals surface area contributed by atoms with Crippen molar-refractivity contribution in [1.82, 2.24) is 29.6 Å². The van der Waals surface area contributed by atoms with Crippen molar-refractivity contribution in [1.29, 1.82) is 0 Å². The van der Waals surface area contributed by atoms with Crippen molar-refractivity contribution in [2.24, 2.45) is 7.05 Å². The Kier molecular flexibility index (Phi) is 8.80. The van der Waals surface area contributed by atoms with E-state index in [1.165, 1.54) is 4.57 Å². The lowest BCUT2D eigenvalue weighted by atomic mass is 10.1. The number of aryl methyl sites for hydroxylation is 1. The predicted molar refractivity (Wildman–Crippen MR) is 158 cm³/mol. The summed E-state index contributed by atoms with van der Waals surface area (Å²) in [5, 5.41) is 12.7. The number of nitrogens with zero attached hydrogens (tertiary/aromatic N) is 6. The van der Waals surface area contributed by atoms with Crippen molar-refractivity contribution in [3.63, 3.8) is 0 Å². The largest absolute Gasteiger partial charge is 0.475 e. The number of pyridine rings is 1. The Hall–Kier alpha value is -2.92. The Morgan fingerprint density at radius 1 is 1.12 bits per heavy atom. The molecule has 0 atom stereocenters. The molecule has 3 aromatic heterocycles. The van der Waals surface area contributed by atoms with Crippen LogP contribution in [0.5, 0.6) is 5.88 Å². The molecule has 0 unspecified atom stereocenters. The number of hydrogen-bond acceptors (Lipinski definition) is 10. The first-order valence-corrected chi connectivity index (χ1v) is 15.6. The normalized spacial score (nSPS) is 15.3. The summed E-state index contributed by atoms with van der Waals surface area (Å²) in [7, 11) is -0.581. The van der Waals surface area contributed by atoms with Gasteiger partial charge in [0.05, 0.1) is 22.2 Å². The average molecular weight is 605 g/mol. The Morgan fingerprint density at radius 3 is 2.55 bits per heavy atom. The van der Waals surface area contributed by atoms with Gasteiger partial charge in [0.2, 0.25) is 11.8 Å². The van der Waals surface area contributed by atoms with Crippen molar-refractivity contribution >= 4 is 53.7 Å². The van der Waals surface area contributed by atoms with Gasteiger partial charge in [-0.2, -0.15) is 4.98 Å². The van der Waals surface area contributed by atoms with Gasteiger partial charge in [-0.15, -0.1) is 10.2 Å². The molecule has 1 aliphatic heterocycles. The molecule has 14 heteroatoms. The van der Waals surface area contributed by atoms with Crippen LogP contribution in [0.15, 0.2) is 47.4 Å². The second kappa shape index (κ2) is 12.3. The molecule has 5 rings (SSSR count). The molecule has 0 bridgehead atoms. The smallest absolute Gasteiger partial charge is 0.273 e. The molecule has 1 saturated heterocycles. The fourth-order valence-electron chi connectivity index (χ4n) is 4.51. The van der Waals surface area contributed by atoms with E-state index in [0.29, 0.717) is 69.4 Å². The van der Waals surface area contributed by atoms with Crippen molar-refractivity contribution in [3.8, 4) is 17.0 Å². The quantitative estimate of drug-likeness (QED) is 0.265. The van der Waals surface area contributed by atoms with Gasteiger partial charge < -0.3 is 10.1 Å². The lowest BCUT2D eigenvalue weighted by Crippen LogP contribution is -2.39. The maximum atomic E-state index is 13.1. The van der Waals surface area contributed by atoms with Crippen molar-refractivity contribution in [2.75, 3.05) is 50.5 Å². The van der Waals surface area contributed by atoms with Crippen molar-refractivity contribution in [3.05, 3.63) is 63.0 Å². The molecule has 0 saturated carbocycles. The average Bonchev–Trinajstić information content (AvgIpc) is 2.94. The van der Waals surface area contributed by atoms with E-state index in [9.17, 15) is 9.69 Å². The van der Waals surface area contributed by atoms with Crippen LogP contribution in [0.25, 0.3) is 22.2 Å². The minimum absolute atomic E-state index is 0.258. The van der Waals surface area contributed by atoms with Crippen LogP contribution in [-0.4, -0.2) is 79.7 Å². The van der Waals surface area contributed by atoms with E-state index < -0.39 is 7.72 Å². The van der Waals surface area contributed by atoms with Crippen LogP contribution in [0.2, 0.25) is 10.0 Å². The predicted octanol–water partition coefficient (Wildman–Crippen LogP) is 4.41. The number of fused-ring (bicyclic) bond motifs is 1. The third kappa shape index (κ3) is 6.35. The highest BCUT2D eigenvalue weighted by atomic mass is 35.5. The van der Waals surface area contributed by atoms with Crippen molar-refractivity contribution < 1.29 is 14.2 Å². The molecule has 4 aromatic rings. The molecule has 1 aromatic carbocycles. The second-order valence-corrected chi connectivity index (χ2v) is 12.9. The fourth-order valence-corrected chi connectivity index (χ4v) is 7.26. The summed E-state index contributed by atoms with van der Waals surface area (Å²) >= 11 is 12.7. The van der Waals surface area contributed by atoms with E-state index in [4.69, 9.17) is 32.5 Å². The van der Waals surface area contributed by atoms with Gasteiger partial charge in [0.25, 0.3) is 13.3 Å². The van der Waals surface area contributed by atoms with E-state index in [-0.39, 0.29) is 11.5 Å². The molecule has 11 nitrogen and oxygen atoms in total. The highest BCUT2D eigenvalue weighted by Gasteiger charge is 2.41. The Morgan fingerprint density at radius 2 is 1.88 bits per heavy atom. The zero-order valence-electron chi connectivity index (χ0n) is 22.0. The summed E-state index contributed by atoms with van der Waals surface area (Å²) in [5.74, 6) is 1.08. The number of aromatic nitrogens is 5. The highest BCUT2D eigenvalue weighted by molar-refractivity contribution is 7.65. The van der Waals surface area contributed by atoms with Gasteiger partial charge in [0, 0.05) is 49.9 Å². The summed E-state index contributed by atoms with van der Waals surface area (Å²) < 4.78 is 12.7. The minimum Gasteiger partial charge on any atom is -0.475 e. The van der Waals surface area contributed by atoms with E-state index in [1.54, 1.807) is 49.6 Å². The molecule has 40 heavy (non-hydrogen) atoms. The Bertz CT molecular complexity index is 1540. The fraction of sp³-hybridized carbons (Fsp3) is 0.346. The number of hydrogen-bond donors (Lipinski definition) is 2. The molecule has 4 heterocycles. The van der Waals surface area contributed by atoms with Crippen LogP contribution < -0.4 is 15.6 Å². The maximum Gasteiger partial charge on any atom is 0.273 e. The van der Waals surface area contributed by atoms with Crippen molar-refractivity contribution in [2.45, 2.75) is 6.92 Å². The molecular weight excluding hydrogens is 576 g/mol. The molecule has 210 valence electrons. The van der Waals surface area contributed by atoms with Gasteiger partial charge >= 0.3 is 0 Å². The highest BCUT2D eigenvalue weighted by Crippen LogP contribution is 2.56. The zero-order valence-corrected chi connectivity index (χ0v) is 24.5. The molecule has 0 spiro atoms. The van der Waals surface area contributed by atoms with Gasteiger partial charge in [-0.1, -0.05) is 29.3 Å². The third-order valence-corrected chi connectivity index (χ3v) is 9.79. The van der Waals surface area contributed by atoms with Gasteiger partial charge in [0.15, 0.2) is 5.82 Å². The van der Waals surface area contributed by atoms with Crippen LogP contribution in [0.3, 0.4) is 0 Å². The monoisotopic (exact) mass is 604 g/mol. The van der Waals surface area contributed by atoms with Crippen LogP contribution in [-0.2, 0) is 11.6 Å². The number of anilines is 2. The first-order valence-electron chi connectivity index (χ1n) is 12.8. The molecular formula is C26H29Cl2N7O4P+. The maximum absolute atomic E-state index is 13.1. The Balaban J connectivity index is 1.22. The number of nitrogens with one attached hydrogen (secondary N) is 1. The number of halogens is 2. The first kappa shape index (κ1) is 28.6. The molecule has 0 aliphatic carbocycles.